The summed E-state index contributed by atoms with van der Waals surface area (Å²) in [6, 6.07) is 0. The molecule has 4 nitrogen and oxygen atoms in total. The van der Waals surface area contributed by atoms with E-state index in [9.17, 15) is 4.79 Å². The van der Waals surface area contributed by atoms with Crippen LogP contribution in [0, 0.1) is 5.41 Å². The number of hydrogen-bond acceptors (Lipinski definition) is 5. The zero-order valence-electron chi connectivity index (χ0n) is 11.0. The van der Waals surface area contributed by atoms with E-state index in [1.807, 2.05) is 12.3 Å². The van der Waals surface area contributed by atoms with E-state index >= 15 is 0 Å². The Hall–Kier alpha value is -1.10. The van der Waals surface area contributed by atoms with Gasteiger partial charge in [-0.1, -0.05) is 13.3 Å². The molecule has 1 N–H and O–H groups in total. The highest BCUT2D eigenvalue weighted by atomic mass is 32.1. The Labute approximate surface area is 112 Å². The molecule has 1 aliphatic carbocycles. The van der Waals surface area contributed by atoms with Gasteiger partial charge in [-0.15, -0.1) is 11.3 Å². The maximum atomic E-state index is 11.3. The molecule has 0 unspecified atom stereocenters. The summed E-state index contributed by atoms with van der Waals surface area (Å²) in [6.45, 7) is 5.51. The van der Waals surface area contributed by atoms with E-state index in [1.165, 1.54) is 19.3 Å². The van der Waals surface area contributed by atoms with E-state index < -0.39 is 0 Å². The summed E-state index contributed by atoms with van der Waals surface area (Å²) in [5, 5.41) is 6.19. The summed E-state index contributed by atoms with van der Waals surface area (Å²) < 4.78 is 4.90. The third-order valence-electron chi connectivity index (χ3n) is 3.41. The van der Waals surface area contributed by atoms with Crippen molar-refractivity contribution in [2.75, 3.05) is 18.5 Å². The smallest absolute Gasteiger partial charge is 0.311 e. The molecule has 0 spiro atoms. The molecular formula is C13H20N2O2S. The molecule has 0 amide bonds. The molecule has 0 bridgehead atoms. The minimum atomic E-state index is -0.208. The molecular weight excluding hydrogens is 248 g/mol. The van der Waals surface area contributed by atoms with Crippen LogP contribution >= 0.6 is 11.3 Å². The number of carbonyl (C=O) groups is 1. The zero-order chi connectivity index (χ0) is 13.0. The van der Waals surface area contributed by atoms with Crippen molar-refractivity contribution in [3.8, 4) is 0 Å². The van der Waals surface area contributed by atoms with Crippen molar-refractivity contribution in [3.63, 3.8) is 0 Å². The van der Waals surface area contributed by atoms with Crippen molar-refractivity contribution < 1.29 is 9.53 Å². The lowest BCUT2D eigenvalue weighted by Crippen LogP contribution is -2.33. The highest BCUT2D eigenvalue weighted by Gasteiger charge is 2.31. The molecule has 1 saturated carbocycles. The van der Waals surface area contributed by atoms with Crippen molar-refractivity contribution in [2.45, 2.75) is 39.5 Å². The van der Waals surface area contributed by atoms with Crippen LogP contribution in [0.5, 0.6) is 0 Å². The summed E-state index contributed by atoms with van der Waals surface area (Å²) in [6.07, 6.45) is 4.19. The van der Waals surface area contributed by atoms with Crippen molar-refractivity contribution in [1.29, 1.82) is 0 Å². The van der Waals surface area contributed by atoms with Crippen molar-refractivity contribution in [3.05, 3.63) is 11.1 Å². The van der Waals surface area contributed by atoms with Gasteiger partial charge in [-0.2, -0.15) is 0 Å². The number of ether oxygens (including phenoxy) is 1. The highest BCUT2D eigenvalue weighted by Crippen LogP contribution is 2.40. The van der Waals surface area contributed by atoms with Gasteiger partial charge in [-0.25, -0.2) is 4.98 Å². The topological polar surface area (TPSA) is 51.2 Å². The fourth-order valence-corrected chi connectivity index (χ4v) is 2.78. The van der Waals surface area contributed by atoms with Gasteiger partial charge in [0, 0.05) is 11.9 Å². The third-order valence-corrected chi connectivity index (χ3v) is 4.26. The summed E-state index contributed by atoms with van der Waals surface area (Å²) in [7, 11) is 0. The monoisotopic (exact) mass is 268 g/mol. The number of rotatable bonds is 6. The molecule has 0 saturated heterocycles. The average Bonchev–Trinajstić information content (AvgIpc) is 2.72. The van der Waals surface area contributed by atoms with Crippen molar-refractivity contribution in [1.82, 2.24) is 4.98 Å². The standard InChI is InChI=1S/C13H20N2O2S/c1-3-17-11(16)7-10-8-18-12(15-10)14-9-13(2)5-4-6-13/h8H,3-7,9H2,1-2H3,(H,14,15). The van der Waals surface area contributed by atoms with E-state index in [-0.39, 0.29) is 12.4 Å². The summed E-state index contributed by atoms with van der Waals surface area (Å²) >= 11 is 1.55. The number of anilines is 1. The fourth-order valence-electron chi connectivity index (χ4n) is 2.08. The first-order valence-electron chi connectivity index (χ1n) is 6.45. The number of esters is 1. The van der Waals surface area contributed by atoms with Gasteiger partial charge in [0.05, 0.1) is 18.7 Å². The molecule has 0 aromatic carbocycles. The molecule has 1 aromatic heterocycles. The molecule has 0 atom stereocenters. The van der Waals surface area contributed by atoms with Crippen LogP contribution < -0.4 is 5.32 Å². The van der Waals surface area contributed by atoms with Gasteiger partial charge in [0.15, 0.2) is 5.13 Å². The molecule has 100 valence electrons. The normalized spacial score (nSPS) is 17.0. The number of hydrogen-bond donors (Lipinski definition) is 1. The second kappa shape index (κ2) is 5.69. The SMILES string of the molecule is CCOC(=O)Cc1csc(NCC2(C)CCC2)n1. The zero-order valence-corrected chi connectivity index (χ0v) is 11.8. The molecule has 1 fully saturated rings. The first kappa shape index (κ1) is 13.3. The lowest BCUT2D eigenvalue weighted by atomic mass is 9.70. The number of aromatic nitrogens is 1. The molecule has 0 aliphatic heterocycles. The Kier molecular flexibility index (Phi) is 4.22. The molecule has 5 heteroatoms. The van der Waals surface area contributed by atoms with Gasteiger partial charge in [-0.05, 0) is 25.2 Å². The Bertz CT molecular complexity index is 413. The van der Waals surface area contributed by atoms with Crippen LogP contribution in [-0.2, 0) is 16.0 Å². The Morgan fingerprint density at radius 1 is 1.61 bits per heavy atom. The maximum Gasteiger partial charge on any atom is 0.311 e. The van der Waals surface area contributed by atoms with E-state index in [1.54, 1.807) is 11.3 Å². The maximum absolute atomic E-state index is 11.3. The minimum Gasteiger partial charge on any atom is -0.466 e. The number of thiazole rings is 1. The molecule has 1 heterocycles. The summed E-state index contributed by atoms with van der Waals surface area (Å²) in [5.74, 6) is -0.208. The Morgan fingerprint density at radius 2 is 2.39 bits per heavy atom. The summed E-state index contributed by atoms with van der Waals surface area (Å²) in [4.78, 5) is 15.7. The predicted molar refractivity (Wildman–Crippen MR) is 72.9 cm³/mol. The Morgan fingerprint density at radius 3 is 3.00 bits per heavy atom. The van der Waals surface area contributed by atoms with E-state index in [0.29, 0.717) is 12.0 Å². The van der Waals surface area contributed by atoms with Crippen LogP contribution in [0.2, 0.25) is 0 Å². The fraction of sp³-hybridized carbons (Fsp3) is 0.692. The number of carbonyl (C=O) groups excluding carboxylic acids is 1. The van der Waals surface area contributed by atoms with Crippen LogP contribution in [0.3, 0.4) is 0 Å². The number of nitrogens with zero attached hydrogens (tertiary/aromatic N) is 1. The van der Waals surface area contributed by atoms with Crippen molar-refractivity contribution in [2.24, 2.45) is 5.41 Å². The van der Waals surface area contributed by atoms with Crippen LogP contribution in [0.25, 0.3) is 0 Å². The van der Waals surface area contributed by atoms with Gasteiger partial charge >= 0.3 is 5.97 Å². The molecule has 18 heavy (non-hydrogen) atoms. The van der Waals surface area contributed by atoms with Crippen LogP contribution in [0.4, 0.5) is 5.13 Å². The van der Waals surface area contributed by atoms with Gasteiger partial charge < -0.3 is 10.1 Å². The third kappa shape index (κ3) is 3.45. The first-order valence-corrected chi connectivity index (χ1v) is 7.33. The van der Waals surface area contributed by atoms with Crippen LogP contribution in [0.15, 0.2) is 5.38 Å². The van der Waals surface area contributed by atoms with E-state index in [4.69, 9.17) is 4.74 Å². The lowest BCUT2D eigenvalue weighted by molar-refractivity contribution is -0.142. The van der Waals surface area contributed by atoms with Crippen LogP contribution in [0.1, 0.15) is 38.8 Å². The molecule has 0 radical (unpaired) electrons. The second-order valence-electron chi connectivity index (χ2n) is 5.14. The van der Waals surface area contributed by atoms with E-state index in [0.717, 1.165) is 17.4 Å². The van der Waals surface area contributed by atoms with Crippen molar-refractivity contribution >= 4 is 22.4 Å². The average molecular weight is 268 g/mol. The number of nitrogens with one attached hydrogen (secondary N) is 1. The molecule has 2 rings (SSSR count). The molecule has 1 aliphatic rings. The quantitative estimate of drug-likeness (QED) is 0.806. The minimum absolute atomic E-state index is 0.208. The first-order chi connectivity index (χ1) is 8.61. The summed E-state index contributed by atoms with van der Waals surface area (Å²) in [5.41, 5.74) is 1.23. The lowest BCUT2D eigenvalue weighted by Gasteiger charge is -2.38. The van der Waals surface area contributed by atoms with Gasteiger partial charge in [0.25, 0.3) is 0 Å². The Balaban J connectivity index is 1.80. The predicted octanol–water partition coefficient (Wildman–Crippen LogP) is 2.85. The largest absolute Gasteiger partial charge is 0.466 e. The van der Waals surface area contributed by atoms with Gasteiger partial charge in [0.1, 0.15) is 0 Å². The van der Waals surface area contributed by atoms with Crippen LogP contribution in [-0.4, -0.2) is 24.1 Å². The van der Waals surface area contributed by atoms with Gasteiger partial charge in [0.2, 0.25) is 0 Å². The highest BCUT2D eigenvalue weighted by molar-refractivity contribution is 7.13. The van der Waals surface area contributed by atoms with Gasteiger partial charge in [-0.3, -0.25) is 4.79 Å². The molecule has 1 aromatic rings. The second-order valence-corrected chi connectivity index (χ2v) is 6.00. The van der Waals surface area contributed by atoms with E-state index in [2.05, 4.69) is 17.2 Å².